The van der Waals surface area contributed by atoms with E-state index in [2.05, 4.69) is 35.7 Å². The molecule has 1 aromatic carbocycles. The van der Waals surface area contributed by atoms with Crippen molar-refractivity contribution in [3.05, 3.63) is 42.5 Å². The third-order valence-electron chi connectivity index (χ3n) is 3.21. The van der Waals surface area contributed by atoms with Crippen LogP contribution in [0.5, 0.6) is 0 Å². The van der Waals surface area contributed by atoms with E-state index >= 15 is 0 Å². The molecule has 94 valence electrons. The van der Waals surface area contributed by atoms with Crippen molar-refractivity contribution in [2.45, 2.75) is 25.3 Å². The summed E-state index contributed by atoms with van der Waals surface area (Å²) in [4.78, 5) is 2.43. The van der Waals surface area contributed by atoms with Crippen molar-refractivity contribution < 1.29 is 0 Å². The number of hydrogen-bond acceptors (Lipinski definition) is 2. The molecular weight excluding hydrogens is 232 g/mol. The number of hydrogen-bond donors (Lipinski definition) is 1. The molecule has 1 heterocycles. The highest BCUT2D eigenvalue weighted by atomic mass is 35.5. The third-order valence-corrected chi connectivity index (χ3v) is 3.21. The van der Waals surface area contributed by atoms with E-state index in [-0.39, 0.29) is 18.4 Å². The lowest BCUT2D eigenvalue weighted by atomic mass is 10.0. The van der Waals surface area contributed by atoms with Gasteiger partial charge in [0.25, 0.3) is 0 Å². The average molecular weight is 253 g/mol. The van der Waals surface area contributed by atoms with Crippen LogP contribution in [0.1, 0.15) is 30.9 Å². The predicted octanol–water partition coefficient (Wildman–Crippen LogP) is 3.28. The first-order chi connectivity index (χ1) is 7.81. The molecule has 1 aliphatic rings. The van der Waals surface area contributed by atoms with Gasteiger partial charge in [-0.2, -0.15) is 0 Å². The molecule has 1 saturated heterocycles. The lowest BCUT2D eigenvalue weighted by Crippen LogP contribution is -2.17. The molecular formula is C14H21ClN2. The molecule has 2 N–H and O–H groups in total. The van der Waals surface area contributed by atoms with Gasteiger partial charge in [-0.15, -0.1) is 19.0 Å². The highest BCUT2D eigenvalue weighted by molar-refractivity contribution is 5.85. The van der Waals surface area contributed by atoms with Crippen LogP contribution in [-0.4, -0.2) is 13.1 Å². The molecule has 1 fully saturated rings. The summed E-state index contributed by atoms with van der Waals surface area (Å²) in [6.07, 6.45) is 5.34. The summed E-state index contributed by atoms with van der Waals surface area (Å²) in [5.74, 6) is 0. The standard InChI is InChI=1S/C14H20N2.ClH/c1-2-5-14(15)12-6-8-13(9-7-12)16-10-3-4-11-16;/h2,6-9,14H,1,3-5,10-11,15H2;1H/t14-;/m0./s1. The van der Waals surface area contributed by atoms with Gasteiger partial charge in [0.15, 0.2) is 0 Å². The predicted molar refractivity (Wildman–Crippen MR) is 76.9 cm³/mol. The van der Waals surface area contributed by atoms with E-state index in [1.807, 2.05) is 6.08 Å². The van der Waals surface area contributed by atoms with Crippen molar-refractivity contribution >= 4 is 18.1 Å². The summed E-state index contributed by atoms with van der Waals surface area (Å²) in [5, 5.41) is 0. The Morgan fingerprint density at radius 3 is 2.35 bits per heavy atom. The van der Waals surface area contributed by atoms with Crippen molar-refractivity contribution in [3.63, 3.8) is 0 Å². The van der Waals surface area contributed by atoms with Crippen LogP contribution >= 0.6 is 12.4 Å². The van der Waals surface area contributed by atoms with Crippen molar-refractivity contribution in [3.8, 4) is 0 Å². The van der Waals surface area contributed by atoms with Gasteiger partial charge in [-0.1, -0.05) is 18.2 Å². The van der Waals surface area contributed by atoms with Crippen LogP contribution in [0, 0.1) is 0 Å². The number of nitrogens with zero attached hydrogens (tertiary/aromatic N) is 1. The topological polar surface area (TPSA) is 29.3 Å². The van der Waals surface area contributed by atoms with Crippen LogP contribution in [0.3, 0.4) is 0 Å². The van der Waals surface area contributed by atoms with Crippen molar-refractivity contribution in [1.82, 2.24) is 0 Å². The third kappa shape index (κ3) is 3.48. The van der Waals surface area contributed by atoms with E-state index in [0.717, 1.165) is 6.42 Å². The van der Waals surface area contributed by atoms with Crippen LogP contribution in [-0.2, 0) is 0 Å². The minimum atomic E-state index is 0. The van der Waals surface area contributed by atoms with Crippen LogP contribution in [0.25, 0.3) is 0 Å². The summed E-state index contributed by atoms with van der Waals surface area (Å²) in [5.41, 5.74) is 8.55. The zero-order chi connectivity index (χ0) is 11.4. The van der Waals surface area contributed by atoms with Gasteiger partial charge in [0.1, 0.15) is 0 Å². The Balaban J connectivity index is 0.00000144. The van der Waals surface area contributed by atoms with E-state index < -0.39 is 0 Å². The lowest BCUT2D eigenvalue weighted by Gasteiger charge is -2.18. The fraction of sp³-hybridized carbons (Fsp3) is 0.429. The second-order valence-corrected chi connectivity index (χ2v) is 4.42. The molecule has 0 unspecified atom stereocenters. The molecule has 1 atom stereocenters. The first kappa shape index (κ1) is 14.1. The van der Waals surface area contributed by atoms with Gasteiger partial charge in [-0.25, -0.2) is 0 Å². The van der Waals surface area contributed by atoms with Gasteiger partial charge in [0.05, 0.1) is 0 Å². The molecule has 0 saturated carbocycles. The highest BCUT2D eigenvalue weighted by Gasteiger charge is 2.12. The first-order valence-electron chi connectivity index (χ1n) is 6.02. The van der Waals surface area contributed by atoms with E-state index in [1.54, 1.807) is 0 Å². The fourth-order valence-electron chi connectivity index (χ4n) is 2.22. The Kier molecular flexibility index (Phi) is 5.52. The Labute approximate surface area is 110 Å². The summed E-state index contributed by atoms with van der Waals surface area (Å²) in [6, 6.07) is 8.74. The van der Waals surface area contributed by atoms with Gasteiger partial charge in [-0.3, -0.25) is 0 Å². The normalized spacial score (nSPS) is 16.4. The second-order valence-electron chi connectivity index (χ2n) is 4.42. The lowest BCUT2D eigenvalue weighted by molar-refractivity contribution is 0.741. The van der Waals surface area contributed by atoms with Crippen LogP contribution in [0.15, 0.2) is 36.9 Å². The Bertz CT molecular complexity index is 342. The molecule has 0 aromatic heterocycles. The highest BCUT2D eigenvalue weighted by Crippen LogP contribution is 2.22. The molecule has 2 nitrogen and oxygen atoms in total. The number of halogens is 1. The molecule has 3 heteroatoms. The van der Waals surface area contributed by atoms with Crippen LogP contribution in [0.2, 0.25) is 0 Å². The Hall–Kier alpha value is -0.990. The first-order valence-corrected chi connectivity index (χ1v) is 6.02. The van der Waals surface area contributed by atoms with Gasteiger partial charge >= 0.3 is 0 Å². The largest absolute Gasteiger partial charge is 0.372 e. The second kappa shape index (κ2) is 6.67. The zero-order valence-corrected chi connectivity index (χ0v) is 11.0. The summed E-state index contributed by atoms with van der Waals surface area (Å²) in [6.45, 7) is 6.10. The number of anilines is 1. The number of nitrogens with two attached hydrogens (primary N) is 1. The summed E-state index contributed by atoms with van der Waals surface area (Å²) < 4.78 is 0. The average Bonchev–Trinajstić information content (AvgIpc) is 2.83. The molecule has 2 rings (SSSR count). The SMILES string of the molecule is C=CC[C@H](N)c1ccc(N2CCCC2)cc1.Cl. The maximum atomic E-state index is 6.02. The zero-order valence-electron chi connectivity index (χ0n) is 10.1. The fourth-order valence-corrected chi connectivity index (χ4v) is 2.22. The van der Waals surface area contributed by atoms with E-state index in [4.69, 9.17) is 5.73 Å². The van der Waals surface area contributed by atoms with Gasteiger partial charge in [-0.05, 0) is 37.0 Å². The summed E-state index contributed by atoms with van der Waals surface area (Å²) in [7, 11) is 0. The van der Waals surface area contributed by atoms with Gasteiger partial charge < -0.3 is 10.6 Å². The quantitative estimate of drug-likeness (QED) is 0.834. The van der Waals surface area contributed by atoms with Crippen LogP contribution < -0.4 is 10.6 Å². The molecule has 0 aliphatic carbocycles. The minimum Gasteiger partial charge on any atom is -0.372 e. The molecule has 1 aliphatic heterocycles. The Morgan fingerprint density at radius 2 is 1.82 bits per heavy atom. The van der Waals surface area contributed by atoms with Crippen molar-refractivity contribution in [2.24, 2.45) is 5.73 Å². The molecule has 0 spiro atoms. The van der Waals surface area contributed by atoms with Gasteiger partial charge in [0.2, 0.25) is 0 Å². The van der Waals surface area contributed by atoms with Crippen LogP contribution in [0.4, 0.5) is 5.69 Å². The maximum Gasteiger partial charge on any atom is 0.0366 e. The van der Waals surface area contributed by atoms with Crippen molar-refractivity contribution in [1.29, 1.82) is 0 Å². The molecule has 0 amide bonds. The molecule has 17 heavy (non-hydrogen) atoms. The molecule has 0 bridgehead atoms. The summed E-state index contributed by atoms with van der Waals surface area (Å²) >= 11 is 0. The van der Waals surface area contributed by atoms with E-state index in [9.17, 15) is 0 Å². The van der Waals surface area contributed by atoms with E-state index in [1.165, 1.54) is 37.2 Å². The molecule has 0 radical (unpaired) electrons. The van der Waals surface area contributed by atoms with Crippen molar-refractivity contribution in [2.75, 3.05) is 18.0 Å². The maximum absolute atomic E-state index is 6.02. The van der Waals surface area contributed by atoms with E-state index in [0.29, 0.717) is 0 Å². The number of benzene rings is 1. The van der Waals surface area contributed by atoms with Gasteiger partial charge in [0, 0.05) is 24.8 Å². The molecule has 1 aromatic rings. The Morgan fingerprint density at radius 1 is 1.24 bits per heavy atom. The smallest absolute Gasteiger partial charge is 0.0366 e. The monoisotopic (exact) mass is 252 g/mol. The number of rotatable bonds is 4. The minimum absolute atomic E-state index is 0.